The van der Waals surface area contributed by atoms with Crippen LogP contribution < -0.4 is 5.32 Å². The van der Waals surface area contributed by atoms with Gasteiger partial charge in [0.1, 0.15) is 0 Å². The summed E-state index contributed by atoms with van der Waals surface area (Å²) >= 11 is 1.74. The summed E-state index contributed by atoms with van der Waals surface area (Å²) in [5.41, 5.74) is 1.90. The maximum absolute atomic E-state index is 4.08. The van der Waals surface area contributed by atoms with Gasteiger partial charge in [-0.2, -0.15) is 0 Å². The van der Waals surface area contributed by atoms with E-state index in [0.29, 0.717) is 6.04 Å². The molecule has 0 aliphatic carbocycles. The third-order valence-corrected chi connectivity index (χ3v) is 3.31. The molecule has 0 radical (unpaired) electrons. The maximum atomic E-state index is 4.08. The van der Waals surface area contributed by atoms with E-state index < -0.39 is 0 Å². The predicted octanol–water partition coefficient (Wildman–Crippen LogP) is 0.937. The Morgan fingerprint density at radius 2 is 2.69 bits per heavy atom. The second-order valence-corrected chi connectivity index (χ2v) is 4.50. The fraction of sp³-hybridized carbons (Fsp3) is 0.667. The average molecular weight is 197 g/mol. The van der Waals surface area contributed by atoms with Gasteiger partial charge < -0.3 is 5.32 Å². The van der Waals surface area contributed by atoms with E-state index in [0.717, 1.165) is 19.6 Å². The Hall–Kier alpha value is -0.450. The van der Waals surface area contributed by atoms with Gasteiger partial charge in [-0.15, -0.1) is 11.3 Å². The fourth-order valence-electron chi connectivity index (χ4n) is 1.71. The minimum atomic E-state index is 0.710. The smallest absolute Gasteiger partial charge is 0.0794 e. The molecule has 0 spiro atoms. The summed E-state index contributed by atoms with van der Waals surface area (Å²) in [5, 5.41) is 3.38. The summed E-state index contributed by atoms with van der Waals surface area (Å²) in [4.78, 5) is 7.84. The van der Waals surface area contributed by atoms with Crippen molar-refractivity contribution in [3.05, 3.63) is 16.6 Å². The standard InChI is InChI=1S/C9H15N3S/c1-12(8-2-3-10-4-8)6-9-5-11-7-13-9/h5,7-8,10H,2-4,6H2,1H3/t8-/m1/s1. The SMILES string of the molecule is CN(Cc1cncs1)[C@@H]1CCNC1. The molecule has 3 nitrogen and oxygen atoms in total. The van der Waals surface area contributed by atoms with Crippen LogP contribution in [0.5, 0.6) is 0 Å². The minimum absolute atomic E-state index is 0.710. The van der Waals surface area contributed by atoms with E-state index in [1.165, 1.54) is 11.3 Å². The Morgan fingerprint density at radius 3 is 3.31 bits per heavy atom. The van der Waals surface area contributed by atoms with Crippen LogP contribution in [0.3, 0.4) is 0 Å². The van der Waals surface area contributed by atoms with Crippen LogP contribution in [0.2, 0.25) is 0 Å². The average Bonchev–Trinajstić information content (AvgIpc) is 2.74. The van der Waals surface area contributed by atoms with Crippen molar-refractivity contribution in [1.29, 1.82) is 0 Å². The van der Waals surface area contributed by atoms with E-state index in [4.69, 9.17) is 0 Å². The van der Waals surface area contributed by atoms with Gasteiger partial charge in [-0.3, -0.25) is 9.88 Å². The number of likely N-dealkylation sites (N-methyl/N-ethyl adjacent to an activating group) is 1. The van der Waals surface area contributed by atoms with Crippen molar-refractivity contribution in [3.8, 4) is 0 Å². The first-order valence-corrected chi connectivity index (χ1v) is 5.52. The molecule has 4 heteroatoms. The van der Waals surface area contributed by atoms with Crippen LogP contribution in [0.4, 0.5) is 0 Å². The predicted molar refractivity (Wildman–Crippen MR) is 54.9 cm³/mol. The molecular formula is C9H15N3S. The maximum Gasteiger partial charge on any atom is 0.0794 e. The molecule has 0 aromatic carbocycles. The number of nitrogens with zero attached hydrogens (tertiary/aromatic N) is 2. The molecule has 2 heterocycles. The summed E-state index contributed by atoms with van der Waals surface area (Å²) in [6.45, 7) is 3.34. The van der Waals surface area contributed by atoms with Gasteiger partial charge in [0.25, 0.3) is 0 Å². The Kier molecular flexibility index (Phi) is 2.93. The molecule has 1 aromatic rings. The van der Waals surface area contributed by atoms with Crippen molar-refractivity contribution in [2.75, 3.05) is 20.1 Å². The Balaban J connectivity index is 1.87. The molecule has 0 saturated carbocycles. The van der Waals surface area contributed by atoms with E-state index in [9.17, 15) is 0 Å². The normalized spacial score (nSPS) is 22.8. The molecule has 1 N–H and O–H groups in total. The van der Waals surface area contributed by atoms with Crippen LogP contribution in [0.1, 0.15) is 11.3 Å². The lowest BCUT2D eigenvalue weighted by Crippen LogP contribution is -2.32. The lowest BCUT2D eigenvalue weighted by Gasteiger charge is -2.22. The van der Waals surface area contributed by atoms with Gasteiger partial charge in [-0.25, -0.2) is 0 Å². The highest BCUT2D eigenvalue weighted by Gasteiger charge is 2.19. The van der Waals surface area contributed by atoms with E-state index >= 15 is 0 Å². The zero-order valence-electron chi connectivity index (χ0n) is 7.86. The largest absolute Gasteiger partial charge is 0.315 e. The highest BCUT2D eigenvalue weighted by Crippen LogP contribution is 2.13. The number of rotatable bonds is 3. The first kappa shape index (κ1) is 9.12. The molecule has 0 unspecified atom stereocenters. The van der Waals surface area contributed by atoms with Gasteiger partial charge in [0.05, 0.1) is 5.51 Å². The second-order valence-electron chi connectivity index (χ2n) is 3.53. The second kappa shape index (κ2) is 4.17. The van der Waals surface area contributed by atoms with Gasteiger partial charge in [0.2, 0.25) is 0 Å². The van der Waals surface area contributed by atoms with Crippen LogP contribution >= 0.6 is 11.3 Å². The molecule has 1 aliphatic heterocycles. The van der Waals surface area contributed by atoms with E-state index in [1.807, 2.05) is 11.7 Å². The number of hydrogen-bond donors (Lipinski definition) is 1. The first-order valence-electron chi connectivity index (χ1n) is 4.64. The highest BCUT2D eigenvalue weighted by atomic mass is 32.1. The molecular weight excluding hydrogens is 182 g/mol. The molecule has 0 amide bonds. The number of thiazole rings is 1. The number of nitrogens with one attached hydrogen (secondary N) is 1. The summed E-state index contributed by atoms with van der Waals surface area (Å²) < 4.78 is 0. The zero-order chi connectivity index (χ0) is 9.10. The van der Waals surface area contributed by atoms with Gasteiger partial charge >= 0.3 is 0 Å². The van der Waals surface area contributed by atoms with Gasteiger partial charge in [0.15, 0.2) is 0 Å². The van der Waals surface area contributed by atoms with Crippen LogP contribution in [0, 0.1) is 0 Å². The van der Waals surface area contributed by atoms with Crippen molar-refractivity contribution in [1.82, 2.24) is 15.2 Å². The Bertz CT molecular complexity index is 241. The topological polar surface area (TPSA) is 28.2 Å². The van der Waals surface area contributed by atoms with Gasteiger partial charge in [-0.1, -0.05) is 0 Å². The molecule has 13 heavy (non-hydrogen) atoms. The Morgan fingerprint density at radius 1 is 1.77 bits per heavy atom. The monoisotopic (exact) mass is 197 g/mol. The Labute approximate surface area is 82.8 Å². The van der Waals surface area contributed by atoms with Crippen molar-refractivity contribution >= 4 is 11.3 Å². The molecule has 1 atom stereocenters. The molecule has 1 aromatic heterocycles. The van der Waals surface area contributed by atoms with Crippen LogP contribution in [-0.2, 0) is 6.54 Å². The number of hydrogen-bond acceptors (Lipinski definition) is 4. The van der Waals surface area contributed by atoms with E-state index in [1.54, 1.807) is 11.3 Å². The molecule has 0 bridgehead atoms. The number of aromatic nitrogens is 1. The van der Waals surface area contributed by atoms with Crippen molar-refractivity contribution in [3.63, 3.8) is 0 Å². The fourth-order valence-corrected chi connectivity index (χ4v) is 2.37. The molecule has 1 aliphatic rings. The van der Waals surface area contributed by atoms with Gasteiger partial charge in [-0.05, 0) is 20.0 Å². The molecule has 2 rings (SSSR count). The zero-order valence-corrected chi connectivity index (χ0v) is 8.68. The quantitative estimate of drug-likeness (QED) is 0.781. The summed E-state index contributed by atoms with van der Waals surface area (Å²) in [6, 6.07) is 0.710. The van der Waals surface area contributed by atoms with Crippen molar-refractivity contribution < 1.29 is 0 Å². The molecule has 1 saturated heterocycles. The van der Waals surface area contributed by atoms with Crippen LogP contribution in [0.25, 0.3) is 0 Å². The molecule has 1 fully saturated rings. The molecule has 72 valence electrons. The third-order valence-electron chi connectivity index (χ3n) is 2.55. The van der Waals surface area contributed by atoms with Crippen LogP contribution in [-0.4, -0.2) is 36.1 Å². The van der Waals surface area contributed by atoms with E-state index in [2.05, 4.69) is 22.2 Å². The third kappa shape index (κ3) is 2.27. The summed E-state index contributed by atoms with van der Waals surface area (Å²) in [7, 11) is 2.19. The first-order chi connectivity index (χ1) is 6.36. The lowest BCUT2D eigenvalue weighted by atomic mass is 10.2. The van der Waals surface area contributed by atoms with Crippen molar-refractivity contribution in [2.45, 2.75) is 19.0 Å². The minimum Gasteiger partial charge on any atom is -0.315 e. The van der Waals surface area contributed by atoms with E-state index in [-0.39, 0.29) is 0 Å². The van der Waals surface area contributed by atoms with Crippen molar-refractivity contribution in [2.24, 2.45) is 0 Å². The lowest BCUT2D eigenvalue weighted by molar-refractivity contribution is 0.251. The summed E-state index contributed by atoms with van der Waals surface area (Å²) in [6.07, 6.45) is 3.23. The summed E-state index contributed by atoms with van der Waals surface area (Å²) in [5.74, 6) is 0. The van der Waals surface area contributed by atoms with Crippen LogP contribution in [0.15, 0.2) is 11.7 Å². The highest BCUT2D eigenvalue weighted by molar-refractivity contribution is 7.09. The van der Waals surface area contributed by atoms with Gasteiger partial charge in [0, 0.05) is 30.2 Å².